The fourth-order valence-electron chi connectivity index (χ4n) is 8.35. The second kappa shape index (κ2) is 9.53. The second-order valence-electron chi connectivity index (χ2n) is 13.5. The molecule has 0 spiro atoms. The number of rotatable bonds is 2. The molecule has 0 amide bonds. The van der Waals surface area contributed by atoms with Crippen LogP contribution < -0.4 is 0 Å². The number of nitrogens with zero attached hydrogens (tertiary/aromatic N) is 3. The Balaban J connectivity index is 1.29. The molecule has 0 saturated carbocycles. The lowest BCUT2D eigenvalue weighted by Crippen LogP contribution is -2.15. The summed E-state index contributed by atoms with van der Waals surface area (Å²) < 4.78 is 29.7. The summed E-state index contributed by atoms with van der Waals surface area (Å²) in [4.78, 5) is 5.76. The first-order valence-corrected chi connectivity index (χ1v) is 17.8. The topological polar surface area (TPSA) is 75.8 Å². The van der Waals surface area contributed by atoms with Crippen LogP contribution in [-0.2, 0) is 15.3 Å². The molecule has 0 bridgehead atoms. The largest absolute Gasteiger partial charge is 0.290 e. The maximum atomic E-state index is 13.8. The number of hydrogen-bond donors (Lipinski definition) is 0. The maximum absolute atomic E-state index is 13.8. The molecule has 6 heteroatoms. The van der Waals surface area contributed by atoms with E-state index in [0.29, 0.717) is 28.1 Å². The van der Waals surface area contributed by atoms with E-state index in [1.54, 1.807) is 24.3 Å². The lowest BCUT2D eigenvalue weighted by Gasteiger charge is -2.24. The van der Waals surface area contributed by atoms with Crippen molar-refractivity contribution in [1.82, 2.24) is 9.55 Å². The summed E-state index contributed by atoms with van der Waals surface area (Å²) in [6.07, 6.45) is 0. The lowest BCUT2D eigenvalue weighted by molar-refractivity contribution is 0.594. The fraction of sp³-hybridized carbons (Fsp3) is 0.0698. The molecule has 8 aromatic rings. The molecular formula is C43H27N3O2S. The van der Waals surface area contributed by atoms with Crippen LogP contribution in [0.3, 0.4) is 0 Å². The molecule has 232 valence electrons. The third-order valence-electron chi connectivity index (χ3n) is 10.6. The number of nitriles is 1. The molecule has 0 saturated heterocycles. The van der Waals surface area contributed by atoms with Crippen LogP contribution in [0.4, 0.5) is 0 Å². The van der Waals surface area contributed by atoms with E-state index in [-0.39, 0.29) is 15.2 Å². The van der Waals surface area contributed by atoms with Gasteiger partial charge >= 0.3 is 0 Å². The van der Waals surface area contributed by atoms with Crippen LogP contribution >= 0.6 is 0 Å². The van der Waals surface area contributed by atoms with Crippen molar-refractivity contribution in [2.24, 2.45) is 0 Å². The van der Waals surface area contributed by atoms with Gasteiger partial charge in [-0.2, -0.15) is 5.26 Å². The van der Waals surface area contributed by atoms with Gasteiger partial charge < -0.3 is 0 Å². The number of sulfone groups is 1. The predicted octanol–water partition coefficient (Wildman–Crippen LogP) is 9.99. The van der Waals surface area contributed by atoms with Gasteiger partial charge in [-0.3, -0.25) is 4.57 Å². The predicted molar refractivity (Wildman–Crippen MR) is 195 cm³/mol. The van der Waals surface area contributed by atoms with E-state index in [1.807, 2.05) is 34.9 Å². The lowest BCUT2D eigenvalue weighted by atomic mass is 9.80. The smallest absolute Gasteiger partial charge is 0.210 e. The summed E-state index contributed by atoms with van der Waals surface area (Å²) in [6, 6.07) is 44.6. The van der Waals surface area contributed by atoms with Crippen LogP contribution in [0.5, 0.6) is 0 Å². The summed E-state index contributed by atoms with van der Waals surface area (Å²) in [5.41, 5.74) is 10.3. The molecule has 0 N–H and O–H groups in total. The number of fused-ring (bicyclic) bond motifs is 7. The highest BCUT2D eigenvalue weighted by Gasteiger charge is 2.37. The Kier molecular flexibility index (Phi) is 5.45. The van der Waals surface area contributed by atoms with Crippen molar-refractivity contribution in [3.8, 4) is 45.4 Å². The first-order chi connectivity index (χ1) is 23.8. The van der Waals surface area contributed by atoms with E-state index < -0.39 is 9.84 Å². The molecule has 0 unspecified atom stereocenters. The summed E-state index contributed by atoms with van der Waals surface area (Å²) in [5, 5.41) is 13.9. The van der Waals surface area contributed by atoms with Crippen molar-refractivity contribution >= 4 is 42.4 Å². The van der Waals surface area contributed by atoms with E-state index in [4.69, 9.17) is 4.98 Å². The van der Waals surface area contributed by atoms with Gasteiger partial charge in [-0.25, -0.2) is 13.4 Å². The van der Waals surface area contributed by atoms with Gasteiger partial charge in [0.1, 0.15) is 5.82 Å². The minimum atomic E-state index is -3.72. The number of para-hydroxylation sites is 2. The van der Waals surface area contributed by atoms with Crippen LogP contribution in [0.25, 0.3) is 71.9 Å². The minimum absolute atomic E-state index is 0.274. The van der Waals surface area contributed by atoms with Gasteiger partial charge in [-0.05, 0) is 97.4 Å². The maximum Gasteiger partial charge on any atom is 0.210 e. The molecule has 2 heterocycles. The molecule has 5 nitrogen and oxygen atoms in total. The summed E-state index contributed by atoms with van der Waals surface area (Å²) in [6.45, 7) is 4.48. The highest BCUT2D eigenvalue weighted by Crippen LogP contribution is 2.52. The molecular weight excluding hydrogens is 623 g/mol. The second-order valence-corrected chi connectivity index (χ2v) is 15.4. The van der Waals surface area contributed by atoms with Crippen molar-refractivity contribution < 1.29 is 8.42 Å². The molecule has 1 aromatic heterocycles. The molecule has 0 atom stereocenters. The number of benzene rings is 7. The van der Waals surface area contributed by atoms with Crippen LogP contribution in [0.1, 0.15) is 30.5 Å². The SMILES string of the molecule is CC1(C)c2cc(C#N)ccc2-c2ccc(-c3c4ccccc4c(-c4nc5cccc6c5n4-c4ccccc4S6(=O)=O)c4ccccc34)cc21. The van der Waals surface area contributed by atoms with Crippen LogP contribution in [0.15, 0.2) is 137 Å². The third kappa shape index (κ3) is 3.57. The Morgan fingerprint density at radius 1 is 0.653 bits per heavy atom. The molecule has 7 aromatic carbocycles. The van der Waals surface area contributed by atoms with Gasteiger partial charge in [0.2, 0.25) is 9.84 Å². The van der Waals surface area contributed by atoms with Crippen molar-refractivity contribution in [3.05, 3.63) is 144 Å². The molecule has 0 fully saturated rings. The first kappa shape index (κ1) is 28.0. The highest BCUT2D eigenvalue weighted by molar-refractivity contribution is 7.92. The molecule has 49 heavy (non-hydrogen) atoms. The number of imidazole rings is 1. The third-order valence-corrected chi connectivity index (χ3v) is 12.4. The number of hydrogen-bond acceptors (Lipinski definition) is 4. The normalized spacial score (nSPS) is 14.8. The van der Waals surface area contributed by atoms with E-state index >= 15 is 0 Å². The summed E-state index contributed by atoms with van der Waals surface area (Å²) >= 11 is 0. The highest BCUT2D eigenvalue weighted by atomic mass is 32.2. The Labute approximate surface area is 283 Å². The van der Waals surface area contributed by atoms with E-state index in [2.05, 4.69) is 92.7 Å². The van der Waals surface area contributed by atoms with E-state index in [9.17, 15) is 13.7 Å². The summed E-state index contributed by atoms with van der Waals surface area (Å²) in [7, 11) is -3.72. The number of aromatic nitrogens is 2. The van der Waals surface area contributed by atoms with Crippen LogP contribution in [0.2, 0.25) is 0 Å². The van der Waals surface area contributed by atoms with Gasteiger partial charge in [0, 0.05) is 11.0 Å². The molecule has 10 rings (SSSR count). The zero-order chi connectivity index (χ0) is 33.2. The Morgan fingerprint density at radius 2 is 1.24 bits per heavy atom. The summed E-state index contributed by atoms with van der Waals surface area (Å²) in [5.74, 6) is 0.711. The molecule has 1 aliphatic carbocycles. The van der Waals surface area contributed by atoms with Gasteiger partial charge in [-0.1, -0.05) is 98.8 Å². The zero-order valence-electron chi connectivity index (χ0n) is 26.7. The van der Waals surface area contributed by atoms with Crippen molar-refractivity contribution in [2.45, 2.75) is 29.1 Å². The quantitative estimate of drug-likeness (QED) is 0.175. The van der Waals surface area contributed by atoms with Gasteiger partial charge in [0.15, 0.2) is 0 Å². The Bertz CT molecular complexity index is 2890. The molecule has 1 aliphatic heterocycles. The Hall–Kier alpha value is -6.03. The average molecular weight is 650 g/mol. The van der Waals surface area contributed by atoms with E-state index in [1.165, 1.54) is 22.3 Å². The van der Waals surface area contributed by atoms with Crippen LogP contribution in [0, 0.1) is 11.3 Å². The van der Waals surface area contributed by atoms with E-state index in [0.717, 1.165) is 38.2 Å². The zero-order valence-corrected chi connectivity index (χ0v) is 27.5. The fourth-order valence-corrected chi connectivity index (χ4v) is 9.98. The average Bonchev–Trinajstić information content (AvgIpc) is 3.61. The monoisotopic (exact) mass is 649 g/mol. The van der Waals surface area contributed by atoms with Crippen molar-refractivity contribution in [1.29, 1.82) is 5.26 Å². The van der Waals surface area contributed by atoms with Gasteiger partial charge in [0.05, 0.1) is 38.1 Å². The van der Waals surface area contributed by atoms with Gasteiger partial charge in [0.25, 0.3) is 0 Å². The van der Waals surface area contributed by atoms with Crippen molar-refractivity contribution in [2.75, 3.05) is 0 Å². The standard InChI is InChI=1S/C43H27N3O2S/c1-43(2)33-22-25(24-44)18-20-27(33)28-21-19-26(23-34(28)43)39-29-10-3-5-12-31(29)40(32-13-6-4-11-30(32)39)42-45-35-14-9-17-38-41(35)46(42)36-15-7-8-16-37(36)49(38,47)48/h3-23H,1-2H3. The van der Waals surface area contributed by atoms with Gasteiger partial charge in [-0.15, -0.1) is 0 Å². The first-order valence-electron chi connectivity index (χ1n) is 16.3. The van der Waals surface area contributed by atoms with Crippen molar-refractivity contribution in [3.63, 3.8) is 0 Å². The molecule has 0 radical (unpaired) electrons. The minimum Gasteiger partial charge on any atom is -0.290 e. The molecule has 2 aliphatic rings. The Morgan fingerprint density at radius 3 is 1.94 bits per heavy atom. The van der Waals surface area contributed by atoms with Crippen LogP contribution in [-0.4, -0.2) is 18.0 Å².